The zero-order valence-corrected chi connectivity index (χ0v) is 48.8. The molecule has 0 saturated carbocycles. The zero-order chi connectivity index (χ0) is 52.0. The molecule has 0 spiro atoms. The maximum Gasteiger partial charge on any atom is 0.268 e. The molecule has 8 nitrogen and oxygen atoms in total. The molecule has 0 aromatic carbocycles. The van der Waals surface area contributed by atoms with Crippen molar-refractivity contribution in [2.24, 2.45) is 0 Å². The molecule has 9 heteroatoms. The van der Waals surface area contributed by atoms with Gasteiger partial charge in [0.1, 0.15) is 13.2 Å². The van der Waals surface area contributed by atoms with Gasteiger partial charge < -0.3 is 28.8 Å². The number of phosphoric acid groups is 1. The van der Waals surface area contributed by atoms with Gasteiger partial charge in [-0.25, -0.2) is 0 Å². The summed E-state index contributed by atoms with van der Waals surface area (Å²) in [4.78, 5) is 25.4. The number of aliphatic hydroxyl groups excluding tert-OH is 1. The van der Waals surface area contributed by atoms with Crippen molar-refractivity contribution in [2.45, 2.75) is 315 Å². The van der Waals surface area contributed by atoms with E-state index in [4.69, 9.17) is 9.05 Å². The molecule has 3 unspecified atom stereocenters. The van der Waals surface area contributed by atoms with Crippen LogP contribution in [0.2, 0.25) is 0 Å². The molecule has 1 amide bonds. The minimum atomic E-state index is -4.60. The van der Waals surface area contributed by atoms with Gasteiger partial charge in [-0.3, -0.25) is 9.36 Å². The molecule has 0 fully saturated rings. The number of carbonyl (C=O) groups is 1. The van der Waals surface area contributed by atoms with Crippen LogP contribution in [0.15, 0.2) is 36.5 Å². The van der Waals surface area contributed by atoms with Gasteiger partial charge in [0.2, 0.25) is 5.91 Å². The zero-order valence-electron chi connectivity index (χ0n) is 47.9. The number of hydrogen-bond acceptors (Lipinski definition) is 6. The monoisotopic (exact) mass is 1020 g/mol. The van der Waals surface area contributed by atoms with E-state index in [9.17, 15) is 19.4 Å². The molecule has 0 rings (SSSR count). The normalized spacial score (nSPS) is 14.1. The summed E-state index contributed by atoms with van der Waals surface area (Å²) in [6.07, 6.45) is 70.0. The van der Waals surface area contributed by atoms with E-state index in [1.807, 2.05) is 27.2 Å². The summed E-state index contributed by atoms with van der Waals surface area (Å²) in [6, 6.07) is -0.906. The summed E-state index contributed by atoms with van der Waals surface area (Å²) in [5.74, 6) is -0.208. The Bertz CT molecular complexity index is 1250. The van der Waals surface area contributed by atoms with Crippen LogP contribution in [0.1, 0.15) is 303 Å². The van der Waals surface area contributed by atoms with Gasteiger partial charge in [0.05, 0.1) is 39.9 Å². The average Bonchev–Trinajstić information content (AvgIpc) is 3.33. The summed E-state index contributed by atoms with van der Waals surface area (Å²) in [6.45, 7) is 4.57. The Morgan fingerprint density at radius 2 is 0.789 bits per heavy atom. The molecular weight excluding hydrogens is 900 g/mol. The van der Waals surface area contributed by atoms with Crippen LogP contribution in [-0.4, -0.2) is 68.5 Å². The maximum atomic E-state index is 12.9. The molecule has 0 aliphatic rings. The van der Waals surface area contributed by atoms with E-state index < -0.39 is 26.6 Å². The predicted molar refractivity (Wildman–Crippen MR) is 307 cm³/mol. The molecular formula is C62H121N2O6P. The number of unbranched alkanes of at least 4 members (excludes halogenated alkanes) is 40. The third-order valence-electron chi connectivity index (χ3n) is 14.1. The summed E-state index contributed by atoms with van der Waals surface area (Å²) in [5, 5.41) is 13.8. The van der Waals surface area contributed by atoms with Gasteiger partial charge in [0.15, 0.2) is 0 Å². The lowest BCUT2D eigenvalue weighted by Gasteiger charge is -2.29. The van der Waals surface area contributed by atoms with Gasteiger partial charge in [-0.15, -0.1) is 0 Å². The highest BCUT2D eigenvalue weighted by Crippen LogP contribution is 2.38. The number of amides is 1. The van der Waals surface area contributed by atoms with Crippen LogP contribution in [0, 0.1) is 0 Å². The first-order valence-corrected chi connectivity index (χ1v) is 32.3. The van der Waals surface area contributed by atoms with Gasteiger partial charge in [-0.1, -0.05) is 294 Å². The quantitative estimate of drug-likeness (QED) is 0.0272. The van der Waals surface area contributed by atoms with Crippen LogP contribution >= 0.6 is 7.82 Å². The van der Waals surface area contributed by atoms with Crippen molar-refractivity contribution in [3.63, 3.8) is 0 Å². The maximum absolute atomic E-state index is 12.9. The van der Waals surface area contributed by atoms with Gasteiger partial charge in [0.25, 0.3) is 7.82 Å². The molecule has 0 aliphatic heterocycles. The Kier molecular flexibility index (Phi) is 52.6. The number of phosphoric ester groups is 1. The number of carbonyl (C=O) groups excluding carboxylic acids is 1. The van der Waals surface area contributed by atoms with Crippen LogP contribution in [0.4, 0.5) is 0 Å². The first kappa shape index (κ1) is 69.7. The van der Waals surface area contributed by atoms with E-state index in [0.29, 0.717) is 17.4 Å². The number of aliphatic hydroxyl groups is 1. The fraction of sp³-hybridized carbons (Fsp3) is 0.887. The van der Waals surface area contributed by atoms with Crippen LogP contribution in [0.25, 0.3) is 0 Å². The Hall–Kier alpha value is -1.28. The number of allylic oxidation sites excluding steroid dienone is 5. The largest absolute Gasteiger partial charge is 0.756 e. The van der Waals surface area contributed by atoms with E-state index >= 15 is 0 Å². The summed E-state index contributed by atoms with van der Waals surface area (Å²) in [5.41, 5.74) is 0. The second-order valence-corrected chi connectivity index (χ2v) is 23.8. The van der Waals surface area contributed by atoms with E-state index in [1.165, 1.54) is 231 Å². The summed E-state index contributed by atoms with van der Waals surface area (Å²) < 4.78 is 23.2. The highest BCUT2D eigenvalue weighted by molar-refractivity contribution is 7.45. The fourth-order valence-electron chi connectivity index (χ4n) is 9.26. The van der Waals surface area contributed by atoms with Crippen LogP contribution in [-0.2, 0) is 18.4 Å². The first-order chi connectivity index (χ1) is 34.5. The molecule has 0 heterocycles. The predicted octanol–water partition coefficient (Wildman–Crippen LogP) is 18.3. The minimum absolute atomic E-state index is 0.00785. The standard InChI is InChI=1S/C62H121N2O6P/c1-6-8-10-12-14-16-18-19-20-21-22-23-24-25-26-27-28-29-30-31-32-33-34-35-36-37-38-39-40-41-42-43-44-46-48-50-52-54-56-62(66)63-60(59-70-71(67,68)69-58-57-64(3,4)5)61(65)55-53-51-49-47-45-17-15-13-11-9-7-2/h11,13,45,47,53,55,60-61,65H,6-10,12,14-44,46,48-52,54,56-59H2,1-5H3,(H-,63,66,67,68)/b13-11+,47-45+,55-53+. The molecule has 420 valence electrons. The third-order valence-corrected chi connectivity index (χ3v) is 15.0. The Balaban J connectivity index is 3.83. The molecule has 0 aromatic rings. The van der Waals surface area contributed by atoms with Gasteiger partial charge in [0, 0.05) is 6.42 Å². The Morgan fingerprint density at radius 3 is 1.11 bits per heavy atom. The van der Waals surface area contributed by atoms with Crippen molar-refractivity contribution in [2.75, 3.05) is 40.9 Å². The lowest BCUT2D eigenvalue weighted by Crippen LogP contribution is -2.45. The molecule has 0 aliphatic carbocycles. The van der Waals surface area contributed by atoms with E-state index in [0.717, 1.165) is 51.4 Å². The minimum Gasteiger partial charge on any atom is -0.756 e. The summed E-state index contributed by atoms with van der Waals surface area (Å²) in [7, 11) is 1.24. The highest BCUT2D eigenvalue weighted by Gasteiger charge is 2.23. The van der Waals surface area contributed by atoms with Crippen LogP contribution in [0.3, 0.4) is 0 Å². The fourth-order valence-corrected chi connectivity index (χ4v) is 9.98. The topological polar surface area (TPSA) is 108 Å². The third kappa shape index (κ3) is 56.3. The first-order valence-electron chi connectivity index (χ1n) is 30.9. The van der Waals surface area contributed by atoms with Crippen molar-refractivity contribution in [3.8, 4) is 0 Å². The average molecular weight is 1020 g/mol. The summed E-state index contributed by atoms with van der Waals surface area (Å²) >= 11 is 0. The second kappa shape index (κ2) is 53.5. The van der Waals surface area contributed by atoms with Crippen LogP contribution < -0.4 is 10.2 Å². The Labute approximate surface area is 442 Å². The van der Waals surface area contributed by atoms with Crippen molar-refractivity contribution in [1.29, 1.82) is 0 Å². The van der Waals surface area contributed by atoms with Crippen LogP contribution in [0.5, 0.6) is 0 Å². The number of hydrogen-bond donors (Lipinski definition) is 2. The van der Waals surface area contributed by atoms with Crippen molar-refractivity contribution in [1.82, 2.24) is 5.32 Å². The molecule has 0 bridgehead atoms. The van der Waals surface area contributed by atoms with Gasteiger partial charge in [-0.05, 0) is 38.5 Å². The molecule has 71 heavy (non-hydrogen) atoms. The lowest BCUT2D eigenvalue weighted by molar-refractivity contribution is -0.870. The second-order valence-electron chi connectivity index (χ2n) is 22.4. The highest BCUT2D eigenvalue weighted by atomic mass is 31.2. The van der Waals surface area contributed by atoms with Gasteiger partial charge >= 0.3 is 0 Å². The molecule has 0 saturated heterocycles. The van der Waals surface area contributed by atoms with E-state index in [1.54, 1.807) is 6.08 Å². The number of nitrogens with zero attached hydrogens (tertiary/aromatic N) is 1. The molecule has 0 aromatic heterocycles. The molecule has 0 radical (unpaired) electrons. The lowest BCUT2D eigenvalue weighted by atomic mass is 10.0. The SMILES string of the molecule is CCC/C=C/CC/C=C/CC/C=C/C(O)C(COP(=O)([O-])OCC[N+](C)(C)C)NC(=O)CCCCCCCCCCCCCCCCCCCCCCCCCCCCCCCCCCCCCCCC. The molecule has 2 N–H and O–H groups in total. The smallest absolute Gasteiger partial charge is 0.268 e. The van der Waals surface area contributed by atoms with Crippen molar-refractivity contribution in [3.05, 3.63) is 36.5 Å². The van der Waals surface area contributed by atoms with Crippen molar-refractivity contribution >= 4 is 13.7 Å². The Morgan fingerprint density at radius 1 is 0.479 bits per heavy atom. The van der Waals surface area contributed by atoms with E-state index in [-0.39, 0.29) is 12.5 Å². The van der Waals surface area contributed by atoms with E-state index in [2.05, 4.69) is 43.5 Å². The number of quaternary nitrogens is 1. The number of rotatable bonds is 57. The molecule has 3 atom stereocenters. The van der Waals surface area contributed by atoms with Crippen molar-refractivity contribution < 1.29 is 32.9 Å². The number of likely N-dealkylation sites (N-methyl/N-ethyl adjacent to an activating group) is 1. The van der Waals surface area contributed by atoms with Gasteiger partial charge in [-0.2, -0.15) is 0 Å². The number of nitrogens with one attached hydrogen (secondary N) is 1.